The highest BCUT2D eigenvalue weighted by Gasteiger charge is 2.18. The summed E-state index contributed by atoms with van der Waals surface area (Å²) in [6.07, 6.45) is 4.66. The van der Waals surface area contributed by atoms with Crippen LogP contribution < -0.4 is 4.74 Å². The molecule has 0 amide bonds. The number of benzene rings is 2. The van der Waals surface area contributed by atoms with Gasteiger partial charge < -0.3 is 18.8 Å². The molecule has 0 radical (unpaired) electrons. The van der Waals surface area contributed by atoms with E-state index in [1.165, 1.54) is 17.1 Å². The van der Waals surface area contributed by atoms with E-state index >= 15 is 0 Å². The largest absolute Gasteiger partial charge is 0.471 e. The lowest BCUT2D eigenvalue weighted by molar-refractivity contribution is 0.0526. The third-order valence-electron chi connectivity index (χ3n) is 5.63. The van der Waals surface area contributed by atoms with E-state index in [9.17, 15) is 4.79 Å². The first-order valence-electron chi connectivity index (χ1n) is 11.8. The average Bonchev–Trinajstić information content (AvgIpc) is 3.57. The zero-order valence-corrected chi connectivity index (χ0v) is 20.6. The van der Waals surface area contributed by atoms with Gasteiger partial charge in [-0.1, -0.05) is 54.6 Å². The Kier molecular flexibility index (Phi) is 7.18. The maximum Gasteiger partial charge on any atom is 0.341 e. The predicted octanol–water partition coefficient (Wildman–Crippen LogP) is 3.96. The maximum atomic E-state index is 12.1. The Morgan fingerprint density at radius 3 is 2.46 bits per heavy atom. The van der Waals surface area contributed by atoms with Crippen LogP contribution in [0, 0.1) is 0 Å². The highest BCUT2D eigenvalue weighted by atomic mass is 16.5. The fourth-order valence-corrected chi connectivity index (χ4v) is 3.84. The van der Waals surface area contributed by atoms with Gasteiger partial charge in [0.1, 0.15) is 6.61 Å². The quantitative estimate of drug-likeness (QED) is 0.266. The molecule has 0 unspecified atom stereocenters. The number of rotatable bonds is 10. The number of carbonyl (C=O) groups is 1. The van der Waals surface area contributed by atoms with Crippen LogP contribution >= 0.6 is 0 Å². The van der Waals surface area contributed by atoms with Crippen molar-refractivity contribution < 1.29 is 19.0 Å². The Labute approximate surface area is 213 Å². The summed E-state index contributed by atoms with van der Waals surface area (Å²) in [5.74, 6) is 0.141. The predicted molar refractivity (Wildman–Crippen MR) is 135 cm³/mol. The van der Waals surface area contributed by atoms with E-state index in [4.69, 9.17) is 14.2 Å². The van der Waals surface area contributed by atoms with Crippen LogP contribution in [0.25, 0.3) is 17.1 Å². The van der Waals surface area contributed by atoms with Gasteiger partial charge in [-0.2, -0.15) is 15.1 Å². The minimum Gasteiger partial charge on any atom is -0.471 e. The second-order valence-corrected chi connectivity index (χ2v) is 8.29. The summed E-state index contributed by atoms with van der Waals surface area (Å²) < 4.78 is 19.8. The Morgan fingerprint density at radius 2 is 1.70 bits per heavy atom. The standard InChI is InChI=1S/C27H26N6O4/c1-3-36-26(34)22-13-29-33(15-22)27-30-24-23(25(31-27)37-17-20-7-5-4-6-8-20)32(18-28-24)14-19-9-11-21(12-10-19)16-35-2/h4-13,15,18H,3,14,16-17H2,1-2H3. The highest BCUT2D eigenvalue weighted by Crippen LogP contribution is 2.25. The number of imidazole rings is 1. The maximum absolute atomic E-state index is 12.1. The molecule has 0 atom stereocenters. The summed E-state index contributed by atoms with van der Waals surface area (Å²) in [4.78, 5) is 25.9. The molecule has 0 fully saturated rings. The molecule has 188 valence electrons. The Morgan fingerprint density at radius 1 is 0.946 bits per heavy atom. The lowest BCUT2D eigenvalue weighted by Crippen LogP contribution is -2.08. The monoisotopic (exact) mass is 498 g/mol. The van der Waals surface area contributed by atoms with Crippen LogP contribution in [0.5, 0.6) is 5.88 Å². The lowest BCUT2D eigenvalue weighted by atomic mass is 10.1. The van der Waals surface area contributed by atoms with Crippen LogP contribution in [-0.2, 0) is 29.2 Å². The molecule has 5 rings (SSSR count). The van der Waals surface area contributed by atoms with E-state index in [2.05, 4.69) is 32.2 Å². The van der Waals surface area contributed by atoms with Gasteiger partial charge in [0, 0.05) is 19.9 Å². The molecule has 37 heavy (non-hydrogen) atoms. The van der Waals surface area contributed by atoms with Gasteiger partial charge in [-0.15, -0.1) is 0 Å². The van der Waals surface area contributed by atoms with E-state index in [1.807, 2.05) is 47.0 Å². The molecule has 0 N–H and O–H groups in total. The molecule has 10 nitrogen and oxygen atoms in total. The van der Waals surface area contributed by atoms with Crippen molar-refractivity contribution in [2.75, 3.05) is 13.7 Å². The van der Waals surface area contributed by atoms with Gasteiger partial charge in [0.15, 0.2) is 11.2 Å². The van der Waals surface area contributed by atoms with Gasteiger partial charge in [0.25, 0.3) is 5.95 Å². The van der Waals surface area contributed by atoms with Crippen LogP contribution in [-0.4, -0.2) is 49.0 Å². The van der Waals surface area contributed by atoms with Crippen molar-refractivity contribution in [2.45, 2.75) is 26.7 Å². The van der Waals surface area contributed by atoms with E-state index in [0.717, 1.165) is 16.7 Å². The molecular formula is C27H26N6O4. The van der Waals surface area contributed by atoms with Gasteiger partial charge in [0.2, 0.25) is 5.88 Å². The van der Waals surface area contributed by atoms with Crippen LogP contribution in [0.1, 0.15) is 34.0 Å². The third kappa shape index (κ3) is 5.49. The smallest absolute Gasteiger partial charge is 0.341 e. The third-order valence-corrected chi connectivity index (χ3v) is 5.63. The Bertz CT molecular complexity index is 1490. The number of ether oxygens (including phenoxy) is 3. The number of hydrogen-bond acceptors (Lipinski definition) is 8. The summed E-state index contributed by atoms with van der Waals surface area (Å²) in [6.45, 7) is 3.46. The average molecular weight is 499 g/mol. The first kappa shape index (κ1) is 24.1. The second kappa shape index (κ2) is 11.0. The van der Waals surface area contributed by atoms with Crippen molar-refractivity contribution in [3.63, 3.8) is 0 Å². The highest BCUT2D eigenvalue weighted by molar-refractivity contribution is 5.88. The summed E-state index contributed by atoms with van der Waals surface area (Å²) in [7, 11) is 1.68. The first-order chi connectivity index (χ1) is 18.1. The van der Waals surface area contributed by atoms with Crippen molar-refractivity contribution in [3.05, 3.63) is 95.6 Å². The van der Waals surface area contributed by atoms with Crippen molar-refractivity contribution in [1.29, 1.82) is 0 Å². The van der Waals surface area contributed by atoms with E-state index in [-0.39, 0.29) is 12.6 Å². The fraction of sp³-hybridized carbons (Fsp3) is 0.222. The fourth-order valence-electron chi connectivity index (χ4n) is 3.84. The molecule has 5 aromatic rings. The molecule has 2 aromatic carbocycles. The van der Waals surface area contributed by atoms with E-state index in [0.29, 0.717) is 42.4 Å². The van der Waals surface area contributed by atoms with Crippen molar-refractivity contribution in [2.24, 2.45) is 0 Å². The van der Waals surface area contributed by atoms with Crippen molar-refractivity contribution >= 4 is 17.1 Å². The van der Waals surface area contributed by atoms with Crippen molar-refractivity contribution in [3.8, 4) is 11.8 Å². The molecule has 0 aliphatic heterocycles. The number of fused-ring (bicyclic) bond motifs is 1. The Hall–Kier alpha value is -4.57. The van der Waals surface area contributed by atoms with Crippen LogP contribution in [0.3, 0.4) is 0 Å². The number of esters is 1. The Balaban J connectivity index is 1.50. The molecule has 3 aromatic heterocycles. The second-order valence-electron chi connectivity index (χ2n) is 8.29. The molecule has 3 heterocycles. The zero-order valence-electron chi connectivity index (χ0n) is 20.6. The van der Waals surface area contributed by atoms with Crippen LogP contribution in [0.2, 0.25) is 0 Å². The van der Waals surface area contributed by atoms with E-state index < -0.39 is 5.97 Å². The van der Waals surface area contributed by atoms with Gasteiger partial charge in [0.05, 0.1) is 31.3 Å². The number of nitrogens with zero attached hydrogens (tertiary/aromatic N) is 6. The van der Waals surface area contributed by atoms with Gasteiger partial charge in [-0.25, -0.2) is 14.5 Å². The number of hydrogen-bond donors (Lipinski definition) is 0. The molecule has 0 spiro atoms. The van der Waals surface area contributed by atoms with Gasteiger partial charge >= 0.3 is 5.97 Å². The molecule has 0 aliphatic rings. The molecular weight excluding hydrogens is 472 g/mol. The van der Waals surface area contributed by atoms with Gasteiger partial charge in [-0.05, 0) is 23.6 Å². The van der Waals surface area contributed by atoms with Gasteiger partial charge in [-0.3, -0.25) is 0 Å². The minimum atomic E-state index is -0.462. The van der Waals surface area contributed by atoms with E-state index in [1.54, 1.807) is 20.4 Å². The summed E-state index contributed by atoms with van der Waals surface area (Å²) in [5, 5.41) is 4.24. The molecule has 0 aliphatic carbocycles. The zero-order chi connectivity index (χ0) is 25.6. The van der Waals surface area contributed by atoms with Crippen LogP contribution in [0.15, 0.2) is 73.3 Å². The first-order valence-corrected chi connectivity index (χ1v) is 11.8. The van der Waals surface area contributed by atoms with Crippen molar-refractivity contribution in [1.82, 2.24) is 29.3 Å². The normalized spacial score (nSPS) is 11.1. The topological polar surface area (TPSA) is 106 Å². The molecule has 10 heteroatoms. The number of aromatic nitrogens is 6. The molecule has 0 bridgehead atoms. The summed E-state index contributed by atoms with van der Waals surface area (Å²) in [6, 6.07) is 18.0. The summed E-state index contributed by atoms with van der Waals surface area (Å²) >= 11 is 0. The minimum absolute atomic E-state index is 0.236. The lowest BCUT2D eigenvalue weighted by Gasteiger charge is -2.11. The molecule has 0 saturated heterocycles. The van der Waals surface area contributed by atoms with Crippen LogP contribution in [0.4, 0.5) is 0 Å². The molecule has 0 saturated carbocycles. The summed E-state index contributed by atoms with van der Waals surface area (Å²) in [5.41, 5.74) is 4.61. The number of carbonyl (C=O) groups excluding carboxylic acids is 1. The SMILES string of the molecule is CCOC(=O)c1cnn(-c2nc(OCc3ccccc3)c3c(ncn3Cc3ccc(COC)cc3)n2)c1. The number of methoxy groups -OCH3 is 1.